The topological polar surface area (TPSA) is 98.7 Å². The van der Waals surface area contributed by atoms with Crippen molar-refractivity contribution in [2.75, 3.05) is 33.4 Å². The largest absolute Gasteiger partial charge is 0.494 e. The van der Waals surface area contributed by atoms with E-state index in [1.165, 1.54) is 77.6 Å². The number of carbonyl (C=O) groups excluding carboxylic acids is 1. The molecule has 0 aliphatic heterocycles. The average Bonchev–Trinajstić information content (AvgIpc) is 2.86. The Hall–Kier alpha value is -1.24. The molecule has 0 heterocycles. The highest BCUT2D eigenvalue weighted by molar-refractivity contribution is 7.47. The molecule has 214 valence electrons. The summed E-state index contributed by atoms with van der Waals surface area (Å²) in [5.74, 6) is 0.657. The number of Topliss-reactive ketones (excluding diaryl/α,β-unsaturated/α-hetero) is 1. The number of hydrogen-bond donors (Lipinski definition) is 2. The summed E-state index contributed by atoms with van der Waals surface area (Å²) in [4.78, 5) is 21.5. The maximum Gasteiger partial charge on any atom is 0.472 e. The smallest absolute Gasteiger partial charge is 0.472 e. The van der Waals surface area contributed by atoms with Gasteiger partial charge in [0.25, 0.3) is 0 Å². The van der Waals surface area contributed by atoms with Gasteiger partial charge in [0.1, 0.15) is 18.1 Å². The second-order valence-corrected chi connectivity index (χ2v) is 11.6. The van der Waals surface area contributed by atoms with Gasteiger partial charge in [0.15, 0.2) is 0 Å². The van der Waals surface area contributed by atoms with Gasteiger partial charge in [0.2, 0.25) is 0 Å². The fourth-order valence-corrected chi connectivity index (χ4v) is 5.12. The molecule has 1 aromatic carbocycles. The number of unbranched alkanes of at least 4 members (excludes halogenated alkanes) is 11. The van der Waals surface area contributed by atoms with Crippen LogP contribution in [0, 0.1) is 5.92 Å². The van der Waals surface area contributed by atoms with E-state index in [4.69, 9.17) is 13.8 Å². The summed E-state index contributed by atoms with van der Waals surface area (Å²) in [5, 5.41) is 1.85. The van der Waals surface area contributed by atoms with Crippen molar-refractivity contribution in [2.24, 2.45) is 5.92 Å². The Kier molecular flexibility index (Phi) is 19.8. The Bertz CT molecular complexity index is 742. The van der Waals surface area contributed by atoms with Gasteiger partial charge in [0, 0.05) is 6.42 Å². The van der Waals surface area contributed by atoms with Crippen LogP contribution in [-0.4, -0.2) is 44.1 Å². The first kappa shape index (κ1) is 33.8. The van der Waals surface area contributed by atoms with Crippen LogP contribution in [0.3, 0.4) is 0 Å². The number of quaternary nitrogens is 1. The van der Waals surface area contributed by atoms with Crippen molar-refractivity contribution in [3.05, 3.63) is 29.8 Å². The van der Waals surface area contributed by atoms with Gasteiger partial charge >= 0.3 is 7.82 Å². The number of phosphoric ester groups is 1. The van der Waals surface area contributed by atoms with Crippen molar-refractivity contribution in [3.63, 3.8) is 0 Å². The van der Waals surface area contributed by atoms with Crippen molar-refractivity contribution in [2.45, 2.75) is 104 Å². The molecule has 0 spiro atoms. The minimum Gasteiger partial charge on any atom is -0.494 e. The third-order valence-corrected chi connectivity index (χ3v) is 7.41. The van der Waals surface area contributed by atoms with Gasteiger partial charge in [-0.1, -0.05) is 89.7 Å². The highest BCUT2D eigenvalue weighted by Crippen LogP contribution is 2.43. The van der Waals surface area contributed by atoms with Crippen LogP contribution in [0.5, 0.6) is 5.75 Å². The Morgan fingerprint density at radius 2 is 1.46 bits per heavy atom. The van der Waals surface area contributed by atoms with E-state index in [-0.39, 0.29) is 31.3 Å². The zero-order valence-corrected chi connectivity index (χ0v) is 24.5. The monoisotopic (exact) mass is 542 g/mol. The van der Waals surface area contributed by atoms with Crippen molar-refractivity contribution >= 4 is 13.6 Å². The van der Waals surface area contributed by atoms with Crippen LogP contribution in [0.25, 0.3) is 0 Å². The number of benzene rings is 1. The predicted molar refractivity (Wildman–Crippen MR) is 150 cm³/mol. The highest BCUT2D eigenvalue weighted by atomic mass is 31.2. The van der Waals surface area contributed by atoms with Crippen LogP contribution >= 0.6 is 7.82 Å². The zero-order chi connectivity index (χ0) is 27.2. The molecular formula is C29H53NO6P+. The molecule has 0 saturated heterocycles. The van der Waals surface area contributed by atoms with Gasteiger partial charge in [0.05, 0.1) is 26.8 Å². The lowest BCUT2D eigenvalue weighted by Crippen LogP contribution is -2.80. The van der Waals surface area contributed by atoms with Crippen molar-refractivity contribution in [3.8, 4) is 5.75 Å². The first-order valence-electron chi connectivity index (χ1n) is 14.5. The lowest BCUT2D eigenvalue weighted by molar-refractivity contribution is -0.627. The molecule has 2 unspecified atom stereocenters. The molecule has 0 amide bonds. The van der Waals surface area contributed by atoms with E-state index in [1.807, 2.05) is 36.6 Å². The molecular weight excluding hydrogens is 489 g/mol. The number of ether oxygens (including phenoxy) is 1. The van der Waals surface area contributed by atoms with Crippen LogP contribution in [-0.2, 0) is 24.8 Å². The third kappa shape index (κ3) is 19.5. The van der Waals surface area contributed by atoms with Crippen LogP contribution < -0.4 is 10.1 Å². The summed E-state index contributed by atoms with van der Waals surface area (Å²) in [5.41, 5.74) is 1.03. The predicted octanol–water partition coefficient (Wildman–Crippen LogP) is 6.23. The van der Waals surface area contributed by atoms with Gasteiger partial charge in [-0.05, 0) is 43.4 Å². The van der Waals surface area contributed by atoms with E-state index in [9.17, 15) is 14.3 Å². The first-order valence-corrected chi connectivity index (χ1v) is 16.0. The fourth-order valence-electron chi connectivity index (χ4n) is 4.31. The molecule has 0 aliphatic rings. The highest BCUT2D eigenvalue weighted by Gasteiger charge is 2.24. The van der Waals surface area contributed by atoms with Crippen LogP contribution in [0.2, 0.25) is 0 Å². The lowest BCUT2D eigenvalue weighted by Gasteiger charge is -2.18. The summed E-state index contributed by atoms with van der Waals surface area (Å²) in [7, 11) is -2.26. The Morgan fingerprint density at radius 1 is 0.892 bits per heavy atom. The maximum absolute atomic E-state index is 12.0. The van der Waals surface area contributed by atoms with Gasteiger partial charge in [-0.15, -0.1) is 0 Å². The van der Waals surface area contributed by atoms with Crippen molar-refractivity contribution in [1.29, 1.82) is 0 Å². The molecule has 0 fully saturated rings. The Labute approximate surface area is 225 Å². The molecule has 0 bridgehead atoms. The fraction of sp³-hybridized carbons (Fsp3) is 0.759. The Morgan fingerprint density at radius 3 is 2.00 bits per heavy atom. The van der Waals surface area contributed by atoms with Gasteiger partial charge in [-0.25, -0.2) is 4.57 Å². The molecule has 8 heteroatoms. The number of hydrogen-bond acceptors (Lipinski definition) is 5. The Balaban J connectivity index is 2.24. The quantitative estimate of drug-likeness (QED) is 0.112. The standard InChI is InChI=1S/C29H52NO6P/c1-4-5-6-7-8-9-10-11-12-13-14-15-21-34-29-18-16-27(17-19-29)24-28(23-26(2)31)25-36-37(32,33)35-22-20-30-3/h16-19,28,30H,4-15,20-25H2,1-3H3,(H,32,33)/p+1. The van der Waals surface area contributed by atoms with E-state index in [0.29, 0.717) is 13.0 Å². The lowest BCUT2D eigenvalue weighted by atomic mass is 9.95. The number of carbonyl (C=O) groups is 1. The van der Waals surface area contributed by atoms with E-state index < -0.39 is 7.82 Å². The zero-order valence-electron chi connectivity index (χ0n) is 23.6. The summed E-state index contributed by atoms with van der Waals surface area (Å²) in [6, 6.07) is 7.86. The minimum atomic E-state index is -4.12. The molecule has 2 atom stereocenters. The summed E-state index contributed by atoms with van der Waals surface area (Å²) in [6.45, 7) is 5.19. The SMILES string of the molecule is CCCCCCCCCCCCCCOc1ccc(CC(COP(=O)(O)OCC[NH2+]C)CC(C)=O)cc1. The van der Waals surface area contributed by atoms with E-state index in [2.05, 4.69) is 6.92 Å². The molecule has 1 aromatic rings. The third-order valence-electron chi connectivity index (χ3n) is 6.42. The second-order valence-electron chi connectivity index (χ2n) is 10.2. The number of phosphoric acid groups is 1. The second kappa shape index (κ2) is 21.7. The number of rotatable bonds is 25. The minimum absolute atomic E-state index is 0.0135. The molecule has 0 radical (unpaired) electrons. The molecule has 0 aliphatic carbocycles. The molecule has 3 N–H and O–H groups in total. The molecule has 7 nitrogen and oxygen atoms in total. The summed E-state index contributed by atoms with van der Waals surface area (Å²) < 4.78 is 28.0. The molecule has 0 aromatic heterocycles. The van der Waals surface area contributed by atoms with Crippen LogP contribution in [0.15, 0.2) is 24.3 Å². The van der Waals surface area contributed by atoms with Gasteiger partial charge in [-0.3, -0.25) is 9.05 Å². The summed E-state index contributed by atoms with van der Waals surface area (Å²) >= 11 is 0. The summed E-state index contributed by atoms with van der Waals surface area (Å²) in [6.07, 6.45) is 16.7. The number of ketones is 1. The van der Waals surface area contributed by atoms with Crippen LogP contribution in [0.4, 0.5) is 0 Å². The van der Waals surface area contributed by atoms with Crippen molar-refractivity contribution in [1.82, 2.24) is 0 Å². The maximum atomic E-state index is 12.0. The molecule has 37 heavy (non-hydrogen) atoms. The van der Waals surface area contributed by atoms with Crippen LogP contribution in [0.1, 0.15) is 103 Å². The van der Waals surface area contributed by atoms with Gasteiger partial charge in [-0.2, -0.15) is 0 Å². The van der Waals surface area contributed by atoms with Gasteiger partial charge < -0.3 is 19.7 Å². The normalized spacial score (nSPS) is 13.8. The average molecular weight is 543 g/mol. The first-order chi connectivity index (χ1) is 17.9. The van der Waals surface area contributed by atoms with E-state index >= 15 is 0 Å². The van der Waals surface area contributed by atoms with E-state index in [1.54, 1.807) is 0 Å². The molecule has 1 rings (SSSR count). The number of likely N-dealkylation sites (N-methyl/N-ethyl adjacent to an activating group) is 1. The van der Waals surface area contributed by atoms with Crippen molar-refractivity contribution < 1.29 is 33.4 Å². The molecule has 0 saturated carbocycles. The van der Waals surface area contributed by atoms with E-state index in [0.717, 1.165) is 24.3 Å². The number of nitrogens with two attached hydrogens (primary N) is 1.